The Labute approximate surface area is 222 Å². The fourth-order valence-corrected chi connectivity index (χ4v) is 5.80. The topological polar surface area (TPSA) is 117 Å². The van der Waals surface area contributed by atoms with Crippen LogP contribution in [0.5, 0.6) is 5.75 Å². The van der Waals surface area contributed by atoms with Gasteiger partial charge in [-0.2, -0.15) is 0 Å². The highest BCUT2D eigenvalue weighted by atomic mass is 19.1. The number of amides is 4. The van der Waals surface area contributed by atoms with Crippen molar-refractivity contribution in [1.29, 1.82) is 0 Å². The van der Waals surface area contributed by atoms with Crippen LogP contribution in [-0.4, -0.2) is 65.9 Å². The number of furan rings is 1. The third-order valence-electron chi connectivity index (χ3n) is 7.97. The largest absolute Gasteiger partial charge is 0.494 e. The maximum absolute atomic E-state index is 15.2. The van der Waals surface area contributed by atoms with E-state index in [0.29, 0.717) is 16.8 Å². The molecule has 3 aromatic rings. The molecule has 10 nitrogen and oxygen atoms in total. The second kappa shape index (κ2) is 9.30. The number of rotatable bonds is 6. The van der Waals surface area contributed by atoms with Gasteiger partial charge in [-0.05, 0) is 44.1 Å². The molecule has 2 saturated heterocycles. The number of urea groups is 1. The van der Waals surface area contributed by atoms with Crippen molar-refractivity contribution in [3.05, 3.63) is 58.5 Å². The second-order valence-corrected chi connectivity index (χ2v) is 10.1. The average Bonchev–Trinajstić information content (AvgIpc) is 3.57. The number of piperidine rings is 1. The molecule has 0 aliphatic carbocycles. The lowest BCUT2D eigenvalue weighted by Gasteiger charge is -2.30. The van der Waals surface area contributed by atoms with E-state index in [4.69, 9.17) is 9.15 Å². The first-order valence-electron chi connectivity index (χ1n) is 12.8. The van der Waals surface area contributed by atoms with Crippen LogP contribution in [-0.2, 0) is 16.9 Å². The number of imide groups is 1. The summed E-state index contributed by atoms with van der Waals surface area (Å²) in [6, 6.07) is 4.96. The molecule has 0 bridgehead atoms. The molecule has 2 aromatic heterocycles. The minimum atomic E-state index is -1.82. The number of carbonyl (C=O) groups excluding carboxylic acids is 3. The predicted molar refractivity (Wildman–Crippen MR) is 134 cm³/mol. The molecule has 4 amide bonds. The van der Waals surface area contributed by atoms with Gasteiger partial charge in [-0.15, -0.1) is 0 Å². The van der Waals surface area contributed by atoms with Gasteiger partial charge in [-0.1, -0.05) is 13.0 Å². The van der Waals surface area contributed by atoms with Crippen LogP contribution >= 0.6 is 0 Å². The molecule has 0 saturated carbocycles. The van der Waals surface area contributed by atoms with Crippen molar-refractivity contribution >= 4 is 28.9 Å². The minimum absolute atomic E-state index is 0.00693. The maximum Gasteiger partial charge on any atom is 0.322 e. The van der Waals surface area contributed by atoms with E-state index in [9.17, 15) is 18.8 Å². The lowest BCUT2D eigenvalue weighted by molar-refractivity contribution is -0.125. The van der Waals surface area contributed by atoms with Crippen molar-refractivity contribution in [2.24, 2.45) is 0 Å². The Morgan fingerprint density at radius 1 is 1.18 bits per heavy atom. The van der Waals surface area contributed by atoms with Crippen molar-refractivity contribution in [3.63, 3.8) is 0 Å². The van der Waals surface area contributed by atoms with Crippen molar-refractivity contribution < 1.29 is 32.3 Å². The summed E-state index contributed by atoms with van der Waals surface area (Å²) in [6.45, 7) is 4.40. The van der Waals surface area contributed by atoms with Crippen LogP contribution in [0.1, 0.15) is 53.1 Å². The van der Waals surface area contributed by atoms with Crippen LogP contribution < -0.4 is 15.4 Å². The number of likely N-dealkylation sites (tertiary alicyclic amines) is 1. The third kappa shape index (κ3) is 4.01. The number of carbonyl (C=O) groups is 3. The van der Waals surface area contributed by atoms with Crippen LogP contribution in [0.2, 0.25) is 0 Å². The molecule has 0 radical (unpaired) electrons. The van der Waals surface area contributed by atoms with Gasteiger partial charge in [0.05, 0.1) is 24.9 Å². The number of nitrogens with one attached hydrogen (secondary N) is 2. The highest BCUT2D eigenvalue weighted by Crippen LogP contribution is 2.37. The summed E-state index contributed by atoms with van der Waals surface area (Å²) in [5, 5.41) is 4.77. The molecule has 204 valence electrons. The molecule has 6 rings (SSSR count). The van der Waals surface area contributed by atoms with E-state index in [1.165, 1.54) is 30.2 Å². The number of pyridine rings is 1. The van der Waals surface area contributed by atoms with Gasteiger partial charge >= 0.3 is 6.03 Å². The summed E-state index contributed by atoms with van der Waals surface area (Å²) < 4.78 is 40.9. The van der Waals surface area contributed by atoms with Gasteiger partial charge in [0.1, 0.15) is 17.1 Å². The third-order valence-corrected chi connectivity index (χ3v) is 7.97. The number of nitrogens with zero attached hydrogens (tertiary/aromatic N) is 3. The molecule has 1 atom stereocenters. The van der Waals surface area contributed by atoms with Crippen LogP contribution in [0.15, 0.2) is 28.7 Å². The lowest BCUT2D eigenvalue weighted by atomic mass is 9.92. The molecule has 5 heterocycles. The Hall–Kier alpha value is -4.06. The first kappa shape index (κ1) is 25.2. The zero-order chi connectivity index (χ0) is 27.5. The quantitative estimate of drug-likeness (QED) is 0.463. The number of fused-ring (bicyclic) bond motifs is 2. The zero-order valence-electron chi connectivity index (χ0n) is 21.5. The van der Waals surface area contributed by atoms with Gasteiger partial charge in [-0.25, -0.2) is 18.6 Å². The van der Waals surface area contributed by atoms with E-state index in [0.717, 1.165) is 32.5 Å². The van der Waals surface area contributed by atoms with Crippen molar-refractivity contribution in [3.8, 4) is 5.75 Å². The fraction of sp³-hybridized carbons (Fsp3) is 0.407. The van der Waals surface area contributed by atoms with E-state index >= 15 is 4.39 Å². The molecule has 2 N–H and O–H groups in total. The highest BCUT2D eigenvalue weighted by molar-refractivity contribution is 6.08. The van der Waals surface area contributed by atoms with Gasteiger partial charge in [-0.3, -0.25) is 14.9 Å². The van der Waals surface area contributed by atoms with Gasteiger partial charge in [0.25, 0.3) is 11.8 Å². The van der Waals surface area contributed by atoms with E-state index in [2.05, 4.69) is 27.4 Å². The number of benzene rings is 1. The minimum Gasteiger partial charge on any atom is -0.494 e. The van der Waals surface area contributed by atoms with Crippen molar-refractivity contribution in [1.82, 2.24) is 25.4 Å². The smallest absolute Gasteiger partial charge is 0.322 e. The maximum atomic E-state index is 15.2. The number of halogens is 2. The number of hydrogen-bond acceptors (Lipinski definition) is 7. The Morgan fingerprint density at radius 2 is 1.95 bits per heavy atom. The summed E-state index contributed by atoms with van der Waals surface area (Å²) in [5.74, 6) is -2.83. The molecule has 39 heavy (non-hydrogen) atoms. The molecule has 0 spiro atoms. The molecule has 3 aliphatic heterocycles. The normalized spacial score (nSPS) is 21.9. The summed E-state index contributed by atoms with van der Waals surface area (Å²) in [5.41, 5.74) is -0.767. The van der Waals surface area contributed by atoms with Gasteiger partial charge in [0, 0.05) is 24.6 Å². The van der Waals surface area contributed by atoms with E-state index in [1.807, 2.05) is 0 Å². The van der Waals surface area contributed by atoms with Gasteiger partial charge in [0.2, 0.25) is 0 Å². The summed E-state index contributed by atoms with van der Waals surface area (Å²) in [6.07, 6.45) is 1.55. The van der Waals surface area contributed by atoms with Crippen molar-refractivity contribution in [2.75, 3.05) is 33.3 Å². The molecular formula is C27H27F2N5O5. The van der Waals surface area contributed by atoms with Gasteiger partial charge in [0.15, 0.2) is 22.7 Å². The van der Waals surface area contributed by atoms with E-state index < -0.39 is 35.0 Å². The molecule has 3 aliphatic rings. The Kier molecular flexibility index (Phi) is 6.01. The second-order valence-electron chi connectivity index (χ2n) is 10.1. The number of hydrogen-bond donors (Lipinski definition) is 2. The SMILES string of the molecule is CCN1CCC(c2nc3cc([C@]4(CN5Cc6ccc(OC)c(F)c6C5=O)NC(=O)NC4=O)oc3cc2F)CC1. The standard InChI is InChI=1S/C27H27F2N5O5/c1-3-33-8-6-14(7-9-33)23-16(28)10-19-17(30-23)11-20(39-19)27(25(36)31-26(37)32-27)13-34-12-15-4-5-18(38-2)22(29)21(15)24(34)35/h4-5,10-11,14H,3,6-9,12-13H2,1-2H3,(H2,31,32,36,37)/t27-/m0/s1. The van der Waals surface area contributed by atoms with Crippen LogP contribution in [0.4, 0.5) is 13.6 Å². The molecule has 0 unspecified atom stereocenters. The summed E-state index contributed by atoms with van der Waals surface area (Å²) >= 11 is 0. The first-order valence-corrected chi connectivity index (χ1v) is 12.8. The van der Waals surface area contributed by atoms with Crippen LogP contribution in [0.25, 0.3) is 11.1 Å². The Balaban J connectivity index is 1.35. The fourth-order valence-electron chi connectivity index (χ4n) is 5.80. The monoisotopic (exact) mass is 539 g/mol. The first-order chi connectivity index (χ1) is 18.7. The zero-order valence-corrected chi connectivity index (χ0v) is 21.5. The lowest BCUT2D eigenvalue weighted by Crippen LogP contribution is -2.52. The molecule has 1 aromatic carbocycles. The number of methoxy groups -OCH3 is 1. The van der Waals surface area contributed by atoms with E-state index in [1.54, 1.807) is 6.07 Å². The van der Waals surface area contributed by atoms with E-state index in [-0.39, 0.29) is 41.7 Å². The molecular weight excluding hydrogens is 512 g/mol. The van der Waals surface area contributed by atoms with Gasteiger partial charge < -0.3 is 24.3 Å². The number of ether oxygens (including phenoxy) is 1. The van der Waals surface area contributed by atoms with Crippen LogP contribution in [0, 0.1) is 11.6 Å². The molecule has 12 heteroatoms. The Bertz CT molecular complexity index is 1520. The summed E-state index contributed by atoms with van der Waals surface area (Å²) in [4.78, 5) is 46.8. The number of aromatic nitrogens is 1. The highest BCUT2D eigenvalue weighted by Gasteiger charge is 2.53. The summed E-state index contributed by atoms with van der Waals surface area (Å²) in [7, 11) is 1.30. The average molecular weight is 540 g/mol. The van der Waals surface area contributed by atoms with Crippen LogP contribution in [0.3, 0.4) is 0 Å². The Morgan fingerprint density at radius 3 is 2.62 bits per heavy atom. The predicted octanol–water partition coefficient (Wildman–Crippen LogP) is 3.00. The van der Waals surface area contributed by atoms with Crippen molar-refractivity contribution in [2.45, 2.75) is 37.8 Å². The molecule has 2 fully saturated rings.